The van der Waals surface area contributed by atoms with E-state index in [0.29, 0.717) is 6.54 Å². The molecule has 4 heteroatoms. The predicted molar refractivity (Wildman–Crippen MR) is 79.2 cm³/mol. The van der Waals surface area contributed by atoms with Crippen molar-refractivity contribution < 1.29 is 0 Å². The Bertz CT molecular complexity index is 441. The zero-order valence-corrected chi connectivity index (χ0v) is 11.2. The summed E-state index contributed by atoms with van der Waals surface area (Å²) in [6, 6.07) is 14.8. The highest BCUT2D eigenvalue weighted by Crippen LogP contribution is 2.17. The van der Waals surface area contributed by atoms with Gasteiger partial charge in [-0.3, -0.25) is 0 Å². The first-order chi connectivity index (χ1) is 7.42. The molecule has 0 aliphatic carbocycles. The Morgan fingerprint density at radius 2 is 1.65 bits per heavy atom. The molecule has 0 saturated heterocycles. The van der Waals surface area contributed by atoms with Crippen molar-refractivity contribution in [2.24, 2.45) is 5.73 Å². The van der Waals surface area contributed by atoms with Crippen LogP contribution in [0.4, 0.5) is 0 Å². The van der Waals surface area contributed by atoms with Crippen molar-refractivity contribution in [2.45, 2.75) is 6.54 Å². The van der Waals surface area contributed by atoms with E-state index < -0.39 is 0 Å². The van der Waals surface area contributed by atoms with Gasteiger partial charge < -0.3 is 11.1 Å². The summed E-state index contributed by atoms with van der Waals surface area (Å²) in [6.45, 7) is 2.44. The molecule has 0 radical (unpaired) electrons. The van der Waals surface area contributed by atoms with E-state index in [1.807, 2.05) is 0 Å². The van der Waals surface area contributed by atoms with Crippen molar-refractivity contribution in [3.8, 4) is 0 Å². The summed E-state index contributed by atoms with van der Waals surface area (Å²) in [5, 5.41) is 5.94. The standard InChI is InChI=1S/C13H16N2.2ClH/c14-8-9-15-10-12-6-3-5-11-4-1-2-7-13(11)12;;/h1-7,15H,8-10,14H2;2*1H. The van der Waals surface area contributed by atoms with Crippen LogP contribution in [0.25, 0.3) is 10.8 Å². The minimum atomic E-state index is 0. The van der Waals surface area contributed by atoms with Crippen molar-refractivity contribution in [3.63, 3.8) is 0 Å². The lowest BCUT2D eigenvalue weighted by atomic mass is 10.0. The zero-order chi connectivity index (χ0) is 10.5. The zero-order valence-electron chi connectivity index (χ0n) is 9.56. The molecule has 2 nitrogen and oxygen atoms in total. The van der Waals surface area contributed by atoms with Gasteiger partial charge in [-0.2, -0.15) is 0 Å². The maximum Gasteiger partial charge on any atom is 0.0212 e. The fourth-order valence-corrected chi connectivity index (χ4v) is 1.77. The Kier molecular flexibility index (Phi) is 7.92. The summed E-state index contributed by atoms with van der Waals surface area (Å²) in [7, 11) is 0. The molecular formula is C13H18Cl2N2. The molecule has 17 heavy (non-hydrogen) atoms. The molecule has 0 atom stereocenters. The third-order valence-electron chi connectivity index (χ3n) is 2.52. The Morgan fingerprint density at radius 1 is 0.941 bits per heavy atom. The largest absolute Gasteiger partial charge is 0.329 e. The van der Waals surface area contributed by atoms with Crippen molar-refractivity contribution >= 4 is 35.6 Å². The fourth-order valence-electron chi connectivity index (χ4n) is 1.77. The van der Waals surface area contributed by atoms with E-state index in [-0.39, 0.29) is 24.8 Å². The Labute approximate surface area is 114 Å². The summed E-state index contributed by atoms with van der Waals surface area (Å²) >= 11 is 0. The van der Waals surface area contributed by atoms with Gasteiger partial charge in [0.05, 0.1) is 0 Å². The number of fused-ring (bicyclic) bond motifs is 1. The highest BCUT2D eigenvalue weighted by molar-refractivity contribution is 5.86. The lowest BCUT2D eigenvalue weighted by Gasteiger charge is -2.07. The molecule has 0 saturated carbocycles. The molecule has 0 aromatic heterocycles. The van der Waals surface area contributed by atoms with Gasteiger partial charge in [-0.15, -0.1) is 24.8 Å². The number of nitrogens with one attached hydrogen (secondary N) is 1. The van der Waals surface area contributed by atoms with E-state index >= 15 is 0 Å². The van der Waals surface area contributed by atoms with Gasteiger partial charge in [0.2, 0.25) is 0 Å². The summed E-state index contributed by atoms with van der Waals surface area (Å²) in [5.74, 6) is 0. The molecule has 0 fully saturated rings. The van der Waals surface area contributed by atoms with Gasteiger partial charge in [0.1, 0.15) is 0 Å². The predicted octanol–water partition coefficient (Wildman–Crippen LogP) is 2.73. The van der Waals surface area contributed by atoms with Gasteiger partial charge in [0, 0.05) is 19.6 Å². The summed E-state index contributed by atoms with van der Waals surface area (Å²) in [6.07, 6.45) is 0. The van der Waals surface area contributed by atoms with E-state index in [1.54, 1.807) is 0 Å². The molecule has 0 heterocycles. The molecule has 2 aromatic rings. The van der Waals surface area contributed by atoms with Crippen LogP contribution in [0, 0.1) is 0 Å². The summed E-state index contributed by atoms with van der Waals surface area (Å²) < 4.78 is 0. The molecular weight excluding hydrogens is 255 g/mol. The Balaban J connectivity index is 0.00000128. The van der Waals surface area contributed by atoms with E-state index in [4.69, 9.17) is 5.73 Å². The van der Waals surface area contributed by atoms with Crippen molar-refractivity contribution in [1.82, 2.24) is 5.32 Å². The van der Waals surface area contributed by atoms with Gasteiger partial charge in [-0.1, -0.05) is 42.5 Å². The van der Waals surface area contributed by atoms with Crippen LogP contribution in [0.1, 0.15) is 5.56 Å². The molecule has 2 aromatic carbocycles. The second-order valence-electron chi connectivity index (χ2n) is 3.60. The second-order valence-corrected chi connectivity index (χ2v) is 3.60. The van der Waals surface area contributed by atoms with Crippen LogP contribution in [0.2, 0.25) is 0 Å². The Morgan fingerprint density at radius 3 is 2.41 bits per heavy atom. The maximum atomic E-state index is 5.44. The van der Waals surface area contributed by atoms with Gasteiger partial charge in [0.15, 0.2) is 0 Å². The van der Waals surface area contributed by atoms with Crippen molar-refractivity contribution in [2.75, 3.05) is 13.1 Å². The van der Waals surface area contributed by atoms with Crippen molar-refractivity contribution in [1.29, 1.82) is 0 Å². The highest BCUT2D eigenvalue weighted by Gasteiger charge is 1.98. The van der Waals surface area contributed by atoms with E-state index in [0.717, 1.165) is 13.1 Å². The third kappa shape index (κ3) is 4.17. The monoisotopic (exact) mass is 272 g/mol. The number of nitrogens with two attached hydrogens (primary N) is 1. The lowest BCUT2D eigenvalue weighted by molar-refractivity contribution is 0.698. The maximum absolute atomic E-state index is 5.44. The number of hydrogen-bond donors (Lipinski definition) is 2. The van der Waals surface area contributed by atoms with Crippen LogP contribution in [-0.4, -0.2) is 13.1 Å². The lowest BCUT2D eigenvalue weighted by Crippen LogP contribution is -2.21. The average molecular weight is 273 g/mol. The number of hydrogen-bond acceptors (Lipinski definition) is 2. The number of rotatable bonds is 4. The molecule has 0 aliphatic heterocycles. The molecule has 0 amide bonds. The smallest absolute Gasteiger partial charge is 0.0212 e. The number of halogens is 2. The highest BCUT2D eigenvalue weighted by atomic mass is 35.5. The Hall–Kier alpha value is -0.800. The molecule has 3 N–H and O–H groups in total. The van der Waals surface area contributed by atoms with E-state index in [1.165, 1.54) is 16.3 Å². The molecule has 0 spiro atoms. The molecule has 0 unspecified atom stereocenters. The second kappa shape index (κ2) is 8.31. The minimum absolute atomic E-state index is 0. The number of benzene rings is 2. The molecule has 2 rings (SSSR count). The van der Waals surface area contributed by atoms with Crippen LogP contribution in [0.3, 0.4) is 0 Å². The first-order valence-corrected chi connectivity index (χ1v) is 5.29. The molecule has 94 valence electrons. The first kappa shape index (κ1) is 16.2. The van der Waals surface area contributed by atoms with Gasteiger partial charge in [-0.05, 0) is 16.3 Å². The van der Waals surface area contributed by atoms with Crippen LogP contribution in [-0.2, 0) is 6.54 Å². The first-order valence-electron chi connectivity index (χ1n) is 5.29. The molecule has 0 aliphatic rings. The topological polar surface area (TPSA) is 38.0 Å². The van der Waals surface area contributed by atoms with Crippen LogP contribution in [0.5, 0.6) is 0 Å². The third-order valence-corrected chi connectivity index (χ3v) is 2.52. The van der Waals surface area contributed by atoms with Gasteiger partial charge in [0.25, 0.3) is 0 Å². The minimum Gasteiger partial charge on any atom is -0.329 e. The normalized spacial score (nSPS) is 9.47. The molecule has 0 bridgehead atoms. The summed E-state index contributed by atoms with van der Waals surface area (Å²) in [5.41, 5.74) is 6.78. The van der Waals surface area contributed by atoms with Crippen molar-refractivity contribution in [3.05, 3.63) is 48.0 Å². The summed E-state index contributed by atoms with van der Waals surface area (Å²) in [4.78, 5) is 0. The van der Waals surface area contributed by atoms with E-state index in [2.05, 4.69) is 47.8 Å². The average Bonchev–Trinajstić information content (AvgIpc) is 2.30. The van der Waals surface area contributed by atoms with Gasteiger partial charge in [-0.25, -0.2) is 0 Å². The van der Waals surface area contributed by atoms with Crippen LogP contribution >= 0.6 is 24.8 Å². The van der Waals surface area contributed by atoms with Gasteiger partial charge >= 0.3 is 0 Å². The SMILES string of the molecule is Cl.Cl.NCCNCc1cccc2ccccc12. The van der Waals surface area contributed by atoms with Crippen LogP contribution in [0.15, 0.2) is 42.5 Å². The van der Waals surface area contributed by atoms with E-state index in [9.17, 15) is 0 Å². The van der Waals surface area contributed by atoms with Crippen LogP contribution < -0.4 is 11.1 Å². The fraction of sp³-hybridized carbons (Fsp3) is 0.231. The quantitative estimate of drug-likeness (QED) is 0.841.